The summed E-state index contributed by atoms with van der Waals surface area (Å²) < 4.78 is 26.0. The molecule has 2 fully saturated rings. The van der Waals surface area contributed by atoms with Crippen molar-refractivity contribution >= 4 is 15.9 Å². The first-order valence-corrected chi connectivity index (χ1v) is 9.31. The average Bonchev–Trinajstić information content (AvgIpc) is 2.96. The van der Waals surface area contributed by atoms with Crippen LogP contribution in [0.25, 0.3) is 0 Å². The molecule has 2 atom stereocenters. The van der Waals surface area contributed by atoms with Gasteiger partial charge in [0.15, 0.2) is 0 Å². The lowest BCUT2D eigenvalue weighted by molar-refractivity contribution is -0.138. The number of hydrogen-bond acceptors (Lipinski definition) is 4. The predicted molar refractivity (Wildman–Crippen MR) is 82.4 cm³/mol. The van der Waals surface area contributed by atoms with Gasteiger partial charge in [-0.3, -0.25) is 9.78 Å². The standard InChI is InChI=1S/C15H21N3O3S/c1-2-22(20,21)18-10-7-13-14(18)3-4-15(19)17(13)11-12-5-8-16-9-6-12/h5-6,8-9,13-14H,2-4,7,10-11H2,1H3/t13-,14-/m1/s1. The number of rotatable bonds is 4. The minimum absolute atomic E-state index is 0.00394. The molecule has 2 saturated heterocycles. The Bertz CT molecular complexity index is 647. The van der Waals surface area contributed by atoms with Crippen LogP contribution < -0.4 is 0 Å². The molecule has 2 aliphatic heterocycles. The monoisotopic (exact) mass is 323 g/mol. The van der Waals surface area contributed by atoms with Crippen LogP contribution in [0, 0.1) is 0 Å². The zero-order valence-corrected chi connectivity index (χ0v) is 13.5. The molecule has 1 aromatic heterocycles. The van der Waals surface area contributed by atoms with E-state index in [0.29, 0.717) is 25.9 Å². The number of piperidine rings is 1. The van der Waals surface area contributed by atoms with Crippen LogP contribution in [-0.2, 0) is 21.4 Å². The molecule has 3 heterocycles. The van der Waals surface area contributed by atoms with Gasteiger partial charge in [-0.25, -0.2) is 8.42 Å². The van der Waals surface area contributed by atoms with E-state index in [2.05, 4.69) is 4.98 Å². The van der Waals surface area contributed by atoms with Crippen molar-refractivity contribution < 1.29 is 13.2 Å². The molecule has 0 bridgehead atoms. The number of hydrogen-bond donors (Lipinski definition) is 0. The highest BCUT2D eigenvalue weighted by Gasteiger charge is 2.46. The van der Waals surface area contributed by atoms with Crippen molar-refractivity contribution in [1.82, 2.24) is 14.2 Å². The fourth-order valence-corrected chi connectivity index (χ4v) is 4.88. The van der Waals surface area contributed by atoms with Crippen molar-refractivity contribution in [2.45, 2.75) is 44.8 Å². The second kappa shape index (κ2) is 5.96. The Morgan fingerprint density at radius 3 is 2.64 bits per heavy atom. The molecular weight excluding hydrogens is 302 g/mol. The third-order valence-electron chi connectivity index (χ3n) is 4.66. The minimum atomic E-state index is -3.20. The third-order valence-corrected chi connectivity index (χ3v) is 6.56. The second-order valence-electron chi connectivity index (χ2n) is 5.85. The van der Waals surface area contributed by atoms with E-state index >= 15 is 0 Å². The summed E-state index contributed by atoms with van der Waals surface area (Å²) in [5.41, 5.74) is 1.03. The molecule has 0 unspecified atom stereocenters. The molecule has 120 valence electrons. The second-order valence-corrected chi connectivity index (χ2v) is 8.06. The van der Waals surface area contributed by atoms with Crippen molar-refractivity contribution in [2.24, 2.45) is 0 Å². The normalized spacial score (nSPS) is 26.2. The van der Waals surface area contributed by atoms with Crippen molar-refractivity contribution in [2.75, 3.05) is 12.3 Å². The van der Waals surface area contributed by atoms with Crippen LogP contribution in [0.3, 0.4) is 0 Å². The molecule has 0 radical (unpaired) electrons. The van der Waals surface area contributed by atoms with E-state index in [1.165, 1.54) is 0 Å². The summed E-state index contributed by atoms with van der Waals surface area (Å²) in [5.74, 6) is 0.239. The molecule has 0 aliphatic carbocycles. The largest absolute Gasteiger partial charge is 0.334 e. The summed E-state index contributed by atoms with van der Waals surface area (Å²) in [6.07, 6.45) is 5.20. The van der Waals surface area contributed by atoms with E-state index in [4.69, 9.17) is 0 Å². The highest BCUT2D eigenvalue weighted by Crippen LogP contribution is 2.34. The molecule has 7 heteroatoms. The number of aromatic nitrogens is 1. The number of sulfonamides is 1. The molecule has 22 heavy (non-hydrogen) atoms. The number of nitrogens with zero attached hydrogens (tertiary/aromatic N) is 3. The topological polar surface area (TPSA) is 70.6 Å². The maximum atomic E-state index is 12.3. The summed E-state index contributed by atoms with van der Waals surface area (Å²) in [7, 11) is -3.20. The summed E-state index contributed by atoms with van der Waals surface area (Å²) in [5, 5.41) is 0. The molecule has 1 amide bonds. The number of carbonyl (C=O) groups is 1. The van der Waals surface area contributed by atoms with Gasteiger partial charge in [0, 0.05) is 44.0 Å². The Labute approximate surface area is 131 Å². The van der Waals surface area contributed by atoms with Crippen molar-refractivity contribution in [3.8, 4) is 0 Å². The molecular formula is C15H21N3O3S. The van der Waals surface area contributed by atoms with Gasteiger partial charge in [-0.1, -0.05) is 0 Å². The quantitative estimate of drug-likeness (QED) is 0.829. The number of amides is 1. The zero-order valence-electron chi connectivity index (χ0n) is 12.7. The van der Waals surface area contributed by atoms with Crippen LogP contribution in [0.5, 0.6) is 0 Å². The Morgan fingerprint density at radius 1 is 1.23 bits per heavy atom. The van der Waals surface area contributed by atoms with Crippen molar-refractivity contribution in [3.63, 3.8) is 0 Å². The van der Waals surface area contributed by atoms with Crippen LogP contribution in [0.1, 0.15) is 31.7 Å². The highest BCUT2D eigenvalue weighted by molar-refractivity contribution is 7.89. The third kappa shape index (κ3) is 2.75. The Kier molecular flexibility index (Phi) is 4.18. The van der Waals surface area contributed by atoms with E-state index in [1.54, 1.807) is 23.6 Å². The van der Waals surface area contributed by atoms with Gasteiger partial charge in [0.05, 0.1) is 5.75 Å². The summed E-state index contributed by atoms with van der Waals surface area (Å²) >= 11 is 0. The van der Waals surface area contributed by atoms with Gasteiger partial charge in [-0.15, -0.1) is 0 Å². The molecule has 0 spiro atoms. The van der Waals surface area contributed by atoms with Crippen molar-refractivity contribution in [3.05, 3.63) is 30.1 Å². The molecule has 0 saturated carbocycles. The summed E-state index contributed by atoms with van der Waals surface area (Å²) in [6, 6.07) is 3.72. The Hall–Kier alpha value is -1.47. The lowest BCUT2D eigenvalue weighted by Crippen LogP contribution is -2.52. The van der Waals surface area contributed by atoms with Gasteiger partial charge in [0.2, 0.25) is 15.9 Å². The maximum Gasteiger partial charge on any atom is 0.223 e. The lowest BCUT2D eigenvalue weighted by atomic mass is 9.96. The lowest BCUT2D eigenvalue weighted by Gasteiger charge is -2.39. The maximum absolute atomic E-state index is 12.3. The first-order valence-electron chi connectivity index (χ1n) is 7.71. The van der Waals surface area contributed by atoms with Crippen molar-refractivity contribution in [1.29, 1.82) is 0 Å². The molecule has 1 aromatic rings. The fraction of sp³-hybridized carbons (Fsp3) is 0.600. The van der Waals surface area contributed by atoms with Gasteiger partial charge in [-0.05, 0) is 37.5 Å². The van der Waals surface area contributed by atoms with Gasteiger partial charge in [0.1, 0.15) is 0 Å². The van der Waals surface area contributed by atoms with E-state index < -0.39 is 10.0 Å². The first kappa shape index (κ1) is 15.4. The van der Waals surface area contributed by atoms with Crippen LogP contribution in [0.2, 0.25) is 0 Å². The van der Waals surface area contributed by atoms with E-state index in [0.717, 1.165) is 12.0 Å². The number of fused-ring (bicyclic) bond motifs is 1. The van der Waals surface area contributed by atoms with Gasteiger partial charge in [-0.2, -0.15) is 4.31 Å². The Balaban J connectivity index is 1.82. The van der Waals surface area contributed by atoms with Crippen LogP contribution in [-0.4, -0.2) is 52.9 Å². The first-order chi connectivity index (χ1) is 10.5. The Morgan fingerprint density at radius 2 is 1.95 bits per heavy atom. The van der Waals surface area contributed by atoms with Crippen LogP contribution >= 0.6 is 0 Å². The van der Waals surface area contributed by atoms with E-state index in [1.807, 2.05) is 17.0 Å². The van der Waals surface area contributed by atoms with E-state index in [-0.39, 0.29) is 23.7 Å². The van der Waals surface area contributed by atoms with Crippen LogP contribution in [0.4, 0.5) is 0 Å². The number of pyridine rings is 1. The molecule has 2 aliphatic rings. The number of likely N-dealkylation sites (tertiary alicyclic amines) is 1. The predicted octanol–water partition coefficient (Wildman–Crippen LogP) is 0.997. The van der Waals surface area contributed by atoms with Gasteiger partial charge in [0.25, 0.3) is 0 Å². The molecule has 0 N–H and O–H groups in total. The summed E-state index contributed by atoms with van der Waals surface area (Å²) in [4.78, 5) is 18.2. The van der Waals surface area contributed by atoms with Gasteiger partial charge >= 0.3 is 0 Å². The van der Waals surface area contributed by atoms with E-state index in [9.17, 15) is 13.2 Å². The zero-order chi connectivity index (χ0) is 15.7. The molecule has 0 aromatic carbocycles. The SMILES string of the molecule is CCS(=O)(=O)N1CC[C@@H]2[C@H]1CCC(=O)N2Cc1ccncc1. The highest BCUT2D eigenvalue weighted by atomic mass is 32.2. The minimum Gasteiger partial charge on any atom is -0.334 e. The summed E-state index contributed by atoms with van der Waals surface area (Å²) in [6.45, 7) is 2.72. The number of carbonyl (C=O) groups excluding carboxylic acids is 1. The smallest absolute Gasteiger partial charge is 0.223 e. The van der Waals surface area contributed by atoms with Gasteiger partial charge < -0.3 is 4.90 Å². The fourth-order valence-electron chi connectivity index (χ4n) is 3.51. The molecule has 3 rings (SSSR count). The molecule has 6 nitrogen and oxygen atoms in total. The average molecular weight is 323 g/mol. The van der Waals surface area contributed by atoms with Crippen LogP contribution in [0.15, 0.2) is 24.5 Å².